The summed E-state index contributed by atoms with van der Waals surface area (Å²) in [5.41, 5.74) is 2.63. The van der Waals surface area contributed by atoms with Gasteiger partial charge in [-0.1, -0.05) is 51.5 Å². The van der Waals surface area contributed by atoms with Crippen molar-refractivity contribution in [2.45, 2.75) is 58.8 Å². The predicted octanol–water partition coefficient (Wildman–Crippen LogP) is 4.74. The van der Waals surface area contributed by atoms with E-state index in [4.69, 9.17) is 9.47 Å². The number of rotatable bonds is 3. The van der Waals surface area contributed by atoms with Gasteiger partial charge < -0.3 is 9.47 Å². The first-order valence-corrected chi connectivity index (χ1v) is 8.50. The normalized spacial score (nSPS) is 33.0. The summed E-state index contributed by atoms with van der Waals surface area (Å²) in [5, 5.41) is 0. The van der Waals surface area contributed by atoms with Crippen LogP contribution in [0.2, 0.25) is 0 Å². The van der Waals surface area contributed by atoms with Gasteiger partial charge in [-0.2, -0.15) is 0 Å². The Bertz CT molecular complexity index is 468. The molecule has 1 aromatic carbocycles. The van der Waals surface area contributed by atoms with Crippen LogP contribution in [0.5, 0.6) is 0 Å². The van der Waals surface area contributed by atoms with Crippen molar-refractivity contribution in [3.63, 3.8) is 0 Å². The van der Waals surface area contributed by atoms with Crippen LogP contribution >= 0.6 is 0 Å². The summed E-state index contributed by atoms with van der Waals surface area (Å²) in [6.07, 6.45) is 4.98. The van der Waals surface area contributed by atoms with Crippen molar-refractivity contribution in [1.29, 1.82) is 0 Å². The maximum atomic E-state index is 6.48. The van der Waals surface area contributed by atoms with Crippen LogP contribution in [0.15, 0.2) is 24.3 Å². The van der Waals surface area contributed by atoms with Crippen LogP contribution in [-0.4, -0.2) is 12.7 Å². The molecule has 0 saturated heterocycles. The number of ether oxygens (including phenoxy) is 2. The SMILES string of the molecule is CC(C)[C@@H]1CC[C@@H](C)C[C@@H]1O[C@@H]1OCCc2ccccc21. The van der Waals surface area contributed by atoms with Crippen molar-refractivity contribution in [3.8, 4) is 0 Å². The monoisotopic (exact) mass is 288 g/mol. The van der Waals surface area contributed by atoms with Gasteiger partial charge in [0.05, 0.1) is 12.7 Å². The summed E-state index contributed by atoms with van der Waals surface area (Å²) >= 11 is 0. The Balaban J connectivity index is 1.76. The van der Waals surface area contributed by atoms with E-state index >= 15 is 0 Å². The van der Waals surface area contributed by atoms with Gasteiger partial charge in [0.15, 0.2) is 6.29 Å². The Morgan fingerprint density at radius 1 is 1.19 bits per heavy atom. The van der Waals surface area contributed by atoms with Gasteiger partial charge in [-0.3, -0.25) is 0 Å². The van der Waals surface area contributed by atoms with E-state index in [1.165, 1.54) is 30.4 Å². The van der Waals surface area contributed by atoms with Crippen LogP contribution < -0.4 is 0 Å². The highest BCUT2D eigenvalue weighted by Gasteiger charge is 2.34. The van der Waals surface area contributed by atoms with Gasteiger partial charge in [0, 0.05) is 5.56 Å². The third-order valence-corrected chi connectivity index (χ3v) is 5.21. The van der Waals surface area contributed by atoms with E-state index in [0.29, 0.717) is 17.9 Å². The zero-order chi connectivity index (χ0) is 14.8. The first kappa shape index (κ1) is 15.1. The lowest BCUT2D eigenvalue weighted by atomic mass is 9.75. The minimum atomic E-state index is -0.161. The quantitative estimate of drug-likeness (QED) is 0.800. The number of fused-ring (bicyclic) bond motifs is 1. The van der Waals surface area contributed by atoms with Crippen LogP contribution in [0.3, 0.4) is 0 Å². The highest BCUT2D eigenvalue weighted by Crippen LogP contribution is 2.39. The lowest BCUT2D eigenvalue weighted by Crippen LogP contribution is -2.36. The smallest absolute Gasteiger partial charge is 0.184 e. The second-order valence-electron chi connectivity index (χ2n) is 7.15. The number of hydrogen-bond acceptors (Lipinski definition) is 2. The zero-order valence-corrected chi connectivity index (χ0v) is 13.5. The van der Waals surface area contributed by atoms with Gasteiger partial charge in [0.25, 0.3) is 0 Å². The lowest BCUT2D eigenvalue weighted by Gasteiger charge is -2.40. The molecule has 0 bridgehead atoms. The zero-order valence-electron chi connectivity index (χ0n) is 13.5. The molecule has 2 nitrogen and oxygen atoms in total. The molecule has 1 aliphatic carbocycles. The van der Waals surface area contributed by atoms with E-state index in [2.05, 4.69) is 45.0 Å². The van der Waals surface area contributed by atoms with Gasteiger partial charge in [-0.25, -0.2) is 0 Å². The van der Waals surface area contributed by atoms with Crippen LogP contribution in [0.25, 0.3) is 0 Å². The summed E-state index contributed by atoms with van der Waals surface area (Å²) in [4.78, 5) is 0. The van der Waals surface area contributed by atoms with E-state index in [-0.39, 0.29) is 6.29 Å². The van der Waals surface area contributed by atoms with Crippen molar-refractivity contribution >= 4 is 0 Å². The topological polar surface area (TPSA) is 18.5 Å². The molecule has 1 heterocycles. The summed E-state index contributed by atoms with van der Waals surface area (Å²) in [7, 11) is 0. The van der Waals surface area contributed by atoms with Gasteiger partial charge >= 0.3 is 0 Å². The predicted molar refractivity (Wildman–Crippen MR) is 85.1 cm³/mol. The minimum Gasteiger partial charge on any atom is -0.348 e. The molecule has 1 saturated carbocycles. The van der Waals surface area contributed by atoms with E-state index in [1.54, 1.807) is 0 Å². The first-order chi connectivity index (χ1) is 10.1. The van der Waals surface area contributed by atoms with Crippen LogP contribution in [0, 0.1) is 17.8 Å². The summed E-state index contributed by atoms with van der Waals surface area (Å²) in [6, 6.07) is 8.57. The average molecular weight is 288 g/mol. The van der Waals surface area contributed by atoms with E-state index in [1.807, 2.05) is 0 Å². The molecule has 0 N–H and O–H groups in total. The van der Waals surface area contributed by atoms with Gasteiger partial charge in [0.2, 0.25) is 0 Å². The molecule has 4 atom stereocenters. The molecule has 0 amide bonds. The van der Waals surface area contributed by atoms with Crippen molar-refractivity contribution in [1.82, 2.24) is 0 Å². The molecule has 0 radical (unpaired) electrons. The second kappa shape index (κ2) is 6.50. The molecular weight excluding hydrogens is 260 g/mol. The van der Waals surface area contributed by atoms with Crippen molar-refractivity contribution in [3.05, 3.63) is 35.4 Å². The molecule has 1 aromatic rings. The van der Waals surface area contributed by atoms with Gasteiger partial charge in [-0.05, 0) is 42.6 Å². The van der Waals surface area contributed by atoms with E-state index in [9.17, 15) is 0 Å². The highest BCUT2D eigenvalue weighted by atomic mass is 16.7. The minimum absolute atomic E-state index is 0.161. The maximum Gasteiger partial charge on any atom is 0.184 e. The maximum absolute atomic E-state index is 6.48. The van der Waals surface area contributed by atoms with Crippen molar-refractivity contribution < 1.29 is 9.47 Å². The number of hydrogen-bond donors (Lipinski definition) is 0. The van der Waals surface area contributed by atoms with Gasteiger partial charge in [-0.15, -0.1) is 0 Å². The summed E-state index contributed by atoms with van der Waals surface area (Å²) in [6.45, 7) is 7.78. The molecule has 21 heavy (non-hydrogen) atoms. The molecule has 1 aliphatic heterocycles. The van der Waals surface area contributed by atoms with Crippen molar-refractivity contribution in [2.75, 3.05) is 6.61 Å². The Labute approximate surface area is 128 Å². The Kier molecular flexibility index (Phi) is 4.66. The molecule has 0 spiro atoms. The fourth-order valence-corrected chi connectivity index (χ4v) is 3.90. The third-order valence-electron chi connectivity index (χ3n) is 5.21. The summed E-state index contributed by atoms with van der Waals surface area (Å²) < 4.78 is 12.4. The fraction of sp³-hybridized carbons (Fsp3) is 0.684. The van der Waals surface area contributed by atoms with Crippen LogP contribution in [-0.2, 0) is 15.9 Å². The average Bonchev–Trinajstić information content (AvgIpc) is 2.47. The third kappa shape index (κ3) is 3.32. The highest BCUT2D eigenvalue weighted by molar-refractivity contribution is 5.29. The molecule has 2 aliphatic rings. The number of benzene rings is 1. The summed E-state index contributed by atoms with van der Waals surface area (Å²) in [5.74, 6) is 2.11. The Morgan fingerprint density at radius 2 is 2.00 bits per heavy atom. The molecule has 1 fully saturated rings. The standard InChI is InChI=1S/C19H28O2/c1-13(2)16-9-8-14(3)12-18(16)21-19-17-7-5-4-6-15(17)10-11-20-19/h4-7,13-14,16,18-19H,8-12H2,1-3H3/t14-,16+,18+,19+/m1/s1. The molecular formula is C19H28O2. The van der Waals surface area contributed by atoms with E-state index in [0.717, 1.165) is 18.9 Å². The Hall–Kier alpha value is -0.860. The molecule has 116 valence electrons. The van der Waals surface area contributed by atoms with Gasteiger partial charge in [0.1, 0.15) is 0 Å². The fourth-order valence-electron chi connectivity index (χ4n) is 3.90. The largest absolute Gasteiger partial charge is 0.348 e. The molecule has 2 heteroatoms. The van der Waals surface area contributed by atoms with E-state index < -0.39 is 0 Å². The molecule has 0 unspecified atom stereocenters. The van der Waals surface area contributed by atoms with Crippen LogP contribution in [0.4, 0.5) is 0 Å². The first-order valence-electron chi connectivity index (χ1n) is 8.50. The van der Waals surface area contributed by atoms with Crippen molar-refractivity contribution in [2.24, 2.45) is 17.8 Å². The Morgan fingerprint density at radius 3 is 2.81 bits per heavy atom. The molecule has 3 rings (SSSR count). The lowest BCUT2D eigenvalue weighted by molar-refractivity contribution is -0.205. The second-order valence-corrected chi connectivity index (χ2v) is 7.15. The molecule has 0 aromatic heterocycles. The van der Waals surface area contributed by atoms with Crippen LogP contribution in [0.1, 0.15) is 57.5 Å².